The molecule has 3 fully saturated rings. The van der Waals surface area contributed by atoms with Crippen LogP contribution in [0.15, 0.2) is 42.5 Å². The third-order valence-electron chi connectivity index (χ3n) is 7.43. The fourth-order valence-corrected chi connectivity index (χ4v) is 5.55. The summed E-state index contributed by atoms with van der Waals surface area (Å²) in [5.41, 5.74) is 2.05. The minimum absolute atomic E-state index is 0.0559. The number of anilines is 2. The molecule has 0 aromatic heterocycles. The summed E-state index contributed by atoms with van der Waals surface area (Å²) < 4.78 is 5.52. The number of aryl methyl sites for hydroxylation is 1. The maximum Gasteiger partial charge on any atom is 0.316 e. The van der Waals surface area contributed by atoms with Crippen LogP contribution in [0.5, 0.6) is 5.75 Å². The minimum atomic E-state index is -0.603. The molecule has 0 bridgehead atoms. The van der Waals surface area contributed by atoms with Crippen molar-refractivity contribution >= 4 is 46.7 Å². The van der Waals surface area contributed by atoms with E-state index in [1.165, 1.54) is 4.90 Å². The van der Waals surface area contributed by atoms with Crippen molar-refractivity contribution in [2.45, 2.75) is 39.5 Å². The van der Waals surface area contributed by atoms with Gasteiger partial charge >= 0.3 is 5.97 Å². The molecule has 2 saturated heterocycles. The van der Waals surface area contributed by atoms with Crippen molar-refractivity contribution in [3.63, 3.8) is 0 Å². The van der Waals surface area contributed by atoms with Gasteiger partial charge in [0.15, 0.2) is 0 Å². The van der Waals surface area contributed by atoms with E-state index >= 15 is 0 Å². The van der Waals surface area contributed by atoms with Crippen LogP contribution < -0.4 is 14.5 Å². The third kappa shape index (κ3) is 4.33. The predicted octanol–water partition coefficient (Wildman–Crippen LogP) is 4.53. The fraction of sp³-hybridized carbons (Fsp3) is 0.407. The second kappa shape index (κ2) is 9.11. The lowest BCUT2D eigenvalue weighted by Crippen LogP contribution is -2.30. The van der Waals surface area contributed by atoms with Crippen LogP contribution in [0.3, 0.4) is 0 Å². The average molecular weight is 495 g/mol. The zero-order valence-electron chi connectivity index (χ0n) is 19.7. The van der Waals surface area contributed by atoms with E-state index in [9.17, 15) is 19.2 Å². The second-order valence-electron chi connectivity index (χ2n) is 9.90. The van der Waals surface area contributed by atoms with E-state index in [2.05, 4.69) is 6.92 Å². The quantitative estimate of drug-likeness (QED) is 0.354. The van der Waals surface area contributed by atoms with Crippen molar-refractivity contribution in [2.24, 2.45) is 23.7 Å². The molecule has 0 spiro atoms. The summed E-state index contributed by atoms with van der Waals surface area (Å²) in [6.07, 6.45) is 2.50. The number of benzene rings is 2. The van der Waals surface area contributed by atoms with Gasteiger partial charge in [-0.2, -0.15) is 0 Å². The SMILES string of the molecule is Cc1ccc(N2C[C@H](C(=O)Oc3ccc(N4C(=O)[C@H]5C[C@@H](C)CC[C@H]5C4=O)cc3)CC2=O)cc1Cl. The Labute approximate surface area is 209 Å². The monoisotopic (exact) mass is 494 g/mol. The van der Waals surface area contributed by atoms with Gasteiger partial charge in [0.1, 0.15) is 5.75 Å². The Balaban J connectivity index is 1.24. The molecule has 3 aliphatic rings. The molecule has 4 atom stereocenters. The number of imide groups is 1. The molecule has 3 amide bonds. The van der Waals surface area contributed by atoms with Crippen LogP contribution in [0, 0.1) is 30.6 Å². The summed E-state index contributed by atoms with van der Waals surface area (Å²) in [5.74, 6) is -1.28. The molecule has 35 heavy (non-hydrogen) atoms. The molecule has 0 radical (unpaired) electrons. The number of fused-ring (bicyclic) bond motifs is 1. The molecule has 0 unspecified atom stereocenters. The van der Waals surface area contributed by atoms with Crippen molar-refractivity contribution in [2.75, 3.05) is 16.3 Å². The normalized spacial score (nSPS) is 26.3. The van der Waals surface area contributed by atoms with Crippen LogP contribution in [0.4, 0.5) is 11.4 Å². The standard InChI is InChI=1S/C27H27ClN2O5/c1-15-3-10-21-22(11-15)26(33)30(25(21)32)18-6-8-20(9-7-18)35-27(34)17-12-24(31)29(14-17)19-5-4-16(2)23(28)13-19/h4-9,13,15,17,21-22H,3,10-12,14H2,1-2H3/t15-,17+,21+,22-/m0/s1. The number of esters is 1. The van der Waals surface area contributed by atoms with Gasteiger partial charge in [-0.25, -0.2) is 0 Å². The van der Waals surface area contributed by atoms with Crippen LogP contribution in [0.2, 0.25) is 5.02 Å². The van der Waals surface area contributed by atoms with E-state index in [0.717, 1.165) is 24.8 Å². The average Bonchev–Trinajstić information content (AvgIpc) is 3.34. The molecular formula is C27H27ClN2O5. The minimum Gasteiger partial charge on any atom is -0.426 e. The highest BCUT2D eigenvalue weighted by Gasteiger charge is 2.50. The van der Waals surface area contributed by atoms with Gasteiger partial charge in [-0.1, -0.05) is 24.6 Å². The summed E-state index contributed by atoms with van der Waals surface area (Å²) >= 11 is 6.19. The van der Waals surface area contributed by atoms with E-state index in [-0.39, 0.29) is 42.5 Å². The Bertz CT molecular complexity index is 1210. The van der Waals surface area contributed by atoms with Gasteiger partial charge in [0.2, 0.25) is 17.7 Å². The molecule has 2 heterocycles. The highest BCUT2D eigenvalue weighted by Crippen LogP contribution is 2.42. The van der Waals surface area contributed by atoms with Crippen LogP contribution in [-0.2, 0) is 19.2 Å². The van der Waals surface area contributed by atoms with Crippen LogP contribution in [0.1, 0.15) is 38.2 Å². The lowest BCUT2D eigenvalue weighted by molar-refractivity contribution is -0.139. The van der Waals surface area contributed by atoms with Gasteiger partial charge in [-0.3, -0.25) is 24.1 Å². The van der Waals surface area contributed by atoms with Crippen LogP contribution in [0.25, 0.3) is 0 Å². The van der Waals surface area contributed by atoms with Crippen LogP contribution >= 0.6 is 11.6 Å². The van der Waals surface area contributed by atoms with Gasteiger partial charge in [0.05, 0.1) is 23.4 Å². The molecule has 182 valence electrons. The number of amides is 3. The van der Waals surface area contributed by atoms with Crippen molar-refractivity contribution in [1.29, 1.82) is 0 Å². The van der Waals surface area contributed by atoms with E-state index in [1.54, 1.807) is 35.2 Å². The maximum atomic E-state index is 12.9. The number of ether oxygens (including phenoxy) is 1. The van der Waals surface area contributed by atoms with Gasteiger partial charge in [-0.15, -0.1) is 0 Å². The van der Waals surface area contributed by atoms with Crippen molar-refractivity contribution in [3.8, 4) is 5.75 Å². The zero-order chi connectivity index (χ0) is 24.9. The lowest BCUT2D eigenvalue weighted by Gasteiger charge is -2.25. The molecule has 8 heteroatoms. The first-order valence-corrected chi connectivity index (χ1v) is 12.4. The molecular weight excluding hydrogens is 468 g/mol. The molecule has 2 aromatic rings. The highest BCUT2D eigenvalue weighted by molar-refractivity contribution is 6.31. The molecule has 1 aliphatic carbocycles. The predicted molar refractivity (Wildman–Crippen MR) is 131 cm³/mol. The molecule has 5 rings (SSSR count). The molecule has 1 saturated carbocycles. The smallest absolute Gasteiger partial charge is 0.316 e. The van der Waals surface area contributed by atoms with Crippen molar-refractivity contribution < 1.29 is 23.9 Å². The fourth-order valence-electron chi connectivity index (χ4n) is 5.37. The molecule has 0 N–H and O–H groups in total. The van der Waals surface area contributed by atoms with E-state index in [0.29, 0.717) is 28.1 Å². The van der Waals surface area contributed by atoms with Gasteiger partial charge in [0, 0.05) is 23.7 Å². The largest absolute Gasteiger partial charge is 0.426 e. The number of hydrogen-bond donors (Lipinski definition) is 0. The maximum absolute atomic E-state index is 12.9. The van der Waals surface area contributed by atoms with Crippen LogP contribution in [-0.4, -0.2) is 30.2 Å². The number of hydrogen-bond acceptors (Lipinski definition) is 5. The first-order valence-electron chi connectivity index (χ1n) is 12.0. The van der Waals surface area contributed by atoms with Gasteiger partial charge < -0.3 is 9.64 Å². The Kier molecular flexibility index (Phi) is 6.13. The van der Waals surface area contributed by atoms with E-state index in [1.807, 2.05) is 19.1 Å². The Hall–Kier alpha value is -3.19. The number of rotatable bonds is 4. The first-order chi connectivity index (χ1) is 16.7. The Morgan fingerprint density at radius 3 is 2.37 bits per heavy atom. The van der Waals surface area contributed by atoms with Gasteiger partial charge in [0.25, 0.3) is 0 Å². The van der Waals surface area contributed by atoms with Crippen molar-refractivity contribution in [1.82, 2.24) is 0 Å². The summed E-state index contributed by atoms with van der Waals surface area (Å²) in [5, 5.41) is 0.560. The molecule has 2 aromatic carbocycles. The van der Waals surface area contributed by atoms with E-state index < -0.39 is 11.9 Å². The molecule has 7 nitrogen and oxygen atoms in total. The Morgan fingerprint density at radius 1 is 0.971 bits per heavy atom. The topological polar surface area (TPSA) is 84.0 Å². The summed E-state index contributed by atoms with van der Waals surface area (Å²) in [6, 6.07) is 11.8. The summed E-state index contributed by atoms with van der Waals surface area (Å²) in [4.78, 5) is 53.9. The number of nitrogens with zero attached hydrogens (tertiary/aromatic N) is 2. The van der Waals surface area contributed by atoms with E-state index in [4.69, 9.17) is 16.3 Å². The van der Waals surface area contributed by atoms with Crippen molar-refractivity contribution in [3.05, 3.63) is 53.1 Å². The Morgan fingerprint density at radius 2 is 1.66 bits per heavy atom. The number of carbonyl (C=O) groups excluding carboxylic acids is 4. The first kappa shape index (κ1) is 23.5. The number of halogens is 1. The lowest BCUT2D eigenvalue weighted by atomic mass is 9.76. The third-order valence-corrected chi connectivity index (χ3v) is 7.83. The summed E-state index contributed by atoms with van der Waals surface area (Å²) in [6.45, 7) is 4.21. The zero-order valence-corrected chi connectivity index (χ0v) is 20.5. The summed E-state index contributed by atoms with van der Waals surface area (Å²) in [7, 11) is 0. The molecule has 2 aliphatic heterocycles. The highest BCUT2D eigenvalue weighted by atomic mass is 35.5. The number of carbonyl (C=O) groups is 4. The second-order valence-corrected chi connectivity index (χ2v) is 10.3. The van der Waals surface area contributed by atoms with Gasteiger partial charge in [-0.05, 0) is 74.1 Å².